The molecule has 0 aromatic carbocycles. The van der Waals surface area contributed by atoms with Gasteiger partial charge < -0.3 is 14.9 Å². The summed E-state index contributed by atoms with van der Waals surface area (Å²) < 4.78 is 6.71. The standard InChI is InChI=1S/C13H20N2O5S/c1-2-3-4-21-10-6-15(13(19)14-12(10)18)11-5-8(17)9(7-16)20-11/h6,8-9,11,16-17H,2-5,7H2,1H3,(H,14,18,19)/t8-,9+,11+/m0/s1. The fourth-order valence-electron chi connectivity index (χ4n) is 2.16. The van der Waals surface area contributed by atoms with Crippen LogP contribution in [0, 0.1) is 0 Å². The number of nitrogens with zero attached hydrogens (tertiary/aromatic N) is 1. The van der Waals surface area contributed by atoms with Gasteiger partial charge in [-0.1, -0.05) is 13.3 Å². The van der Waals surface area contributed by atoms with Gasteiger partial charge in [-0.2, -0.15) is 0 Å². The fourth-order valence-corrected chi connectivity index (χ4v) is 3.18. The molecule has 8 heteroatoms. The third-order valence-corrected chi connectivity index (χ3v) is 4.48. The van der Waals surface area contributed by atoms with E-state index in [-0.39, 0.29) is 13.0 Å². The molecule has 0 radical (unpaired) electrons. The zero-order valence-corrected chi connectivity index (χ0v) is 12.6. The molecule has 1 aromatic rings. The van der Waals surface area contributed by atoms with Gasteiger partial charge in [-0.15, -0.1) is 11.8 Å². The number of aromatic amines is 1. The highest BCUT2D eigenvalue weighted by atomic mass is 32.2. The first kappa shape index (κ1) is 16.3. The first-order valence-electron chi connectivity index (χ1n) is 6.99. The summed E-state index contributed by atoms with van der Waals surface area (Å²) >= 11 is 1.39. The van der Waals surface area contributed by atoms with Gasteiger partial charge in [-0.05, 0) is 12.2 Å². The van der Waals surface area contributed by atoms with E-state index < -0.39 is 29.7 Å². The van der Waals surface area contributed by atoms with Crippen LogP contribution < -0.4 is 11.2 Å². The number of hydrogen-bond donors (Lipinski definition) is 3. The molecule has 1 aromatic heterocycles. The summed E-state index contributed by atoms with van der Waals surface area (Å²) in [4.78, 5) is 26.4. The summed E-state index contributed by atoms with van der Waals surface area (Å²) in [6.45, 7) is 1.75. The van der Waals surface area contributed by atoms with E-state index in [2.05, 4.69) is 11.9 Å². The number of aliphatic hydroxyl groups excluding tert-OH is 2. The van der Waals surface area contributed by atoms with Crippen LogP contribution in [0.2, 0.25) is 0 Å². The molecule has 0 amide bonds. The van der Waals surface area contributed by atoms with Crippen molar-refractivity contribution in [2.24, 2.45) is 0 Å². The first-order chi connectivity index (χ1) is 10.1. The zero-order valence-electron chi connectivity index (χ0n) is 11.8. The van der Waals surface area contributed by atoms with Gasteiger partial charge in [0.25, 0.3) is 5.56 Å². The van der Waals surface area contributed by atoms with Gasteiger partial charge in [0.15, 0.2) is 0 Å². The lowest BCUT2D eigenvalue weighted by atomic mass is 10.2. The zero-order chi connectivity index (χ0) is 15.4. The number of thioether (sulfide) groups is 1. The lowest BCUT2D eigenvalue weighted by Crippen LogP contribution is -2.33. The highest BCUT2D eigenvalue weighted by Crippen LogP contribution is 2.27. The van der Waals surface area contributed by atoms with Crippen molar-refractivity contribution in [3.8, 4) is 0 Å². The minimum Gasteiger partial charge on any atom is -0.394 e. The van der Waals surface area contributed by atoms with E-state index in [1.54, 1.807) is 0 Å². The summed E-state index contributed by atoms with van der Waals surface area (Å²) in [5, 5.41) is 18.8. The minimum absolute atomic E-state index is 0.205. The fraction of sp³-hybridized carbons (Fsp3) is 0.692. The second kappa shape index (κ2) is 7.26. The summed E-state index contributed by atoms with van der Waals surface area (Å²) in [6.07, 6.45) is 1.48. The summed E-state index contributed by atoms with van der Waals surface area (Å²) in [5.41, 5.74) is -0.981. The Morgan fingerprint density at radius 2 is 2.29 bits per heavy atom. The van der Waals surface area contributed by atoms with Gasteiger partial charge in [0, 0.05) is 12.6 Å². The van der Waals surface area contributed by atoms with Crippen LogP contribution in [0.15, 0.2) is 20.7 Å². The highest BCUT2D eigenvalue weighted by molar-refractivity contribution is 7.99. The molecule has 0 bridgehead atoms. The Balaban J connectivity index is 2.22. The summed E-state index contributed by atoms with van der Waals surface area (Å²) in [5.74, 6) is 0.797. The predicted octanol–water partition coefficient (Wildman–Crippen LogP) is 0.0695. The summed E-state index contributed by atoms with van der Waals surface area (Å²) in [6, 6.07) is 0. The third-order valence-electron chi connectivity index (χ3n) is 3.38. The van der Waals surface area contributed by atoms with Crippen molar-refractivity contribution >= 4 is 11.8 Å². The van der Waals surface area contributed by atoms with E-state index in [1.165, 1.54) is 22.5 Å². The van der Waals surface area contributed by atoms with Crippen LogP contribution in [-0.4, -0.2) is 44.3 Å². The highest BCUT2D eigenvalue weighted by Gasteiger charge is 2.35. The molecule has 21 heavy (non-hydrogen) atoms. The van der Waals surface area contributed by atoms with Crippen molar-refractivity contribution in [1.29, 1.82) is 0 Å². The Morgan fingerprint density at radius 1 is 1.52 bits per heavy atom. The van der Waals surface area contributed by atoms with E-state index in [1.807, 2.05) is 0 Å². The van der Waals surface area contributed by atoms with E-state index in [0.29, 0.717) is 4.90 Å². The molecule has 1 aliphatic heterocycles. The van der Waals surface area contributed by atoms with Crippen molar-refractivity contribution in [3.63, 3.8) is 0 Å². The Labute approximate surface area is 126 Å². The Bertz CT molecular complexity index is 585. The van der Waals surface area contributed by atoms with Crippen molar-refractivity contribution < 1.29 is 14.9 Å². The molecule has 0 aliphatic carbocycles. The predicted molar refractivity (Wildman–Crippen MR) is 78.6 cm³/mol. The Hall–Kier alpha value is -1.09. The molecule has 1 aliphatic rings. The summed E-state index contributed by atoms with van der Waals surface area (Å²) in [7, 11) is 0. The van der Waals surface area contributed by atoms with E-state index in [4.69, 9.17) is 9.84 Å². The van der Waals surface area contributed by atoms with Gasteiger partial charge in [0.1, 0.15) is 12.3 Å². The topological polar surface area (TPSA) is 105 Å². The van der Waals surface area contributed by atoms with Gasteiger partial charge in [-0.25, -0.2) is 4.79 Å². The van der Waals surface area contributed by atoms with Crippen LogP contribution in [0.3, 0.4) is 0 Å². The van der Waals surface area contributed by atoms with Crippen LogP contribution in [0.25, 0.3) is 0 Å². The molecule has 0 spiro atoms. The molecule has 2 heterocycles. The maximum atomic E-state index is 11.9. The quantitative estimate of drug-likeness (QED) is 0.507. The number of unbranched alkanes of at least 4 members (excludes halogenated alkanes) is 1. The Morgan fingerprint density at radius 3 is 2.90 bits per heavy atom. The van der Waals surface area contributed by atoms with Crippen molar-refractivity contribution in [1.82, 2.24) is 9.55 Å². The van der Waals surface area contributed by atoms with Crippen molar-refractivity contribution in [2.75, 3.05) is 12.4 Å². The lowest BCUT2D eigenvalue weighted by molar-refractivity contribution is -0.0461. The molecule has 3 atom stereocenters. The average molecular weight is 316 g/mol. The third kappa shape index (κ3) is 3.76. The molecule has 2 rings (SSSR count). The monoisotopic (exact) mass is 316 g/mol. The number of ether oxygens (including phenoxy) is 1. The van der Waals surface area contributed by atoms with Crippen molar-refractivity contribution in [3.05, 3.63) is 27.0 Å². The maximum Gasteiger partial charge on any atom is 0.330 e. The van der Waals surface area contributed by atoms with Crippen LogP contribution in [0.4, 0.5) is 0 Å². The largest absolute Gasteiger partial charge is 0.394 e. The molecule has 0 saturated carbocycles. The van der Waals surface area contributed by atoms with E-state index in [9.17, 15) is 14.7 Å². The molecule has 0 unspecified atom stereocenters. The first-order valence-corrected chi connectivity index (χ1v) is 7.98. The maximum absolute atomic E-state index is 11.9. The van der Waals surface area contributed by atoms with Crippen LogP contribution >= 0.6 is 11.8 Å². The SMILES string of the molecule is CCCCSc1cn([C@H]2C[C@H](O)[C@@H](CO)O2)c(=O)[nH]c1=O. The number of rotatable bonds is 6. The smallest absolute Gasteiger partial charge is 0.330 e. The van der Waals surface area contributed by atoms with E-state index in [0.717, 1.165) is 18.6 Å². The number of nitrogens with one attached hydrogen (secondary N) is 1. The molecule has 118 valence electrons. The van der Waals surface area contributed by atoms with Crippen LogP contribution in [0.1, 0.15) is 32.4 Å². The number of hydrogen-bond acceptors (Lipinski definition) is 6. The number of aliphatic hydroxyl groups is 2. The average Bonchev–Trinajstić information content (AvgIpc) is 2.82. The second-order valence-corrected chi connectivity index (χ2v) is 6.11. The van der Waals surface area contributed by atoms with Crippen molar-refractivity contribution in [2.45, 2.75) is 49.5 Å². The normalized spacial score (nSPS) is 25.4. The van der Waals surface area contributed by atoms with Gasteiger partial charge in [0.2, 0.25) is 0 Å². The second-order valence-electron chi connectivity index (χ2n) is 4.98. The van der Waals surface area contributed by atoms with Gasteiger partial charge in [0.05, 0.1) is 17.6 Å². The Kier molecular flexibility index (Phi) is 5.63. The number of H-pyrrole nitrogens is 1. The van der Waals surface area contributed by atoms with Gasteiger partial charge in [-0.3, -0.25) is 14.3 Å². The molecule has 1 fully saturated rings. The minimum atomic E-state index is -0.824. The number of aromatic nitrogens is 2. The van der Waals surface area contributed by atoms with Crippen LogP contribution in [-0.2, 0) is 4.74 Å². The molecular weight excluding hydrogens is 296 g/mol. The van der Waals surface area contributed by atoms with Gasteiger partial charge >= 0.3 is 5.69 Å². The molecule has 3 N–H and O–H groups in total. The molecule has 7 nitrogen and oxygen atoms in total. The van der Waals surface area contributed by atoms with Crippen LogP contribution in [0.5, 0.6) is 0 Å². The molecular formula is C13H20N2O5S. The van der Waals surface area contributed by atoms with E-state index >= 15 is 0 Å². The lowest BCUT2D eigenvalue weighted by Gasteiger charge is -2.15. The molecule has 1 saturated heterocycles.